The summed E-state index contributed by atoms with van der Waals surface area (Å²) >= 11 is 0. The zero-order chi connectivity index (χ0) is 26.9. The summed E-state index contributed by atoms with van der Waals surface area (Å²) < 4.78 is 45.8. The van der Waals surface area contributed by atoms with Crippen LogP contribution in [0.15, 0.2) is 84.0 Å². The number of oxime groups is 1. The van der Waals surface area contributed by atoms with E-state index in [4.69, 9.17) is 9.57 Å². The molecule has 2 amide bonds. The first-order chi connectivity index (χ1) is 18.8. The molecular formula is C30H23F3N2O4. The van der Waals surface area contributed by atoms with Gasteiger partial charge in [-0.05, 0) is 60.4 Å². The topological polar surface area (TPSA) is 68.2 Å². The number of anilines is 1. The number of nitrogens with zero attached hydrogens (tertiary/aromatic N) is 2. The van der Waals surface area contributed by atoms with E-state index in [1.165, 1.54) is 12.1 Å². The van der Waals surface area contributed by atoms with E-state index in [1.807, 2.05) is 54.6 Å². The van der Waals surface area contributed by atoms with Crippen molar-refractivity contribution in [2.24, 2.45) is 34.7 Å². The highest BCUT2D eigenvalue weighted by molar-refractivity contribution is 6.23. The average molecular weight is 533 g/mol. The maximum atomic E-state index is 13.5. The normalized spacial score (nSPS) is 28.8. The molecule has 2 heterocycles. The zero-order valence-electron chi connectivity index (χ0n) is 20.5. The number of rotatable bonds is 5. The predicted molar refractivity (Wildman–Crippen MR) is 135 cm³/mol. The molecule has 0 spiro atoms. The molecule has 39 heavy (non-hydrogen) atoms. The van der Waals surface area contributed by atoms with Crippen LogP contribution in [0.3, 0.4) is 0 Å². The van der Waals surface area contributed by atoms with Crippen molar-refractivity contribution in [3.05, 3.63) is 95.6 Å². The van der Waals surface area contributed by atoms with Gasteiger partial charge in [-0.2, -0.15) is 13.2 Å². The van der Waals surface area contributed by atoms with Crippen LogP contribution in [0.25, 0.3) is 0 Å². The van der Waals surface area contributed by atoms with E-state index < -0.39 is 35.4 Å². The molecule has 1 saturated heterocycles. The van der Waals surface area contributed by atoms with Gasteiger partial charge < -0.3 is 9.57 Å². The van der Waals surface area contributed by atoms with Crippen LogP contribution < -0.4 is 9.64 Å². The van der Waals surface area contributed by atoms with E-state index in [0.717, 1.165) is 33.9 Å². The third-order valence-electron chi connectivity index (χ3n) is 8.52. The lowest BCUT2D eigenvalue weighted by molar-refractivity contribution is -0.137. The lowest BCUT2D eigenvalue weighted by atomic mass is 9.71. The molecule has 4 aliphatic rings. The molecule has 3 fully saturated rings. The first kappa shape index (κ1) is 23.9. The lowest BCUT2D eigenvalue weighted by Gasteiger charge is -2.29. The maximum absolute atomic E-state index is 13.5. The summed E-state index contributed by atoms with van der Waals surface area (Å²) in [6.45, 7) is 0.445. The number of benzene rings is 3. The molecule has 0 radical (unpaired) electrons. The fourth-order valence-electron chi connectivity index (χ4n) is 6.90. The molecular weight excluding hydrogens is 509 g/mol. The summed E-state index contributed by atoms with van der Waals surface area (Å²) in [6.07, 6.45) is -4.26. The highest BCUT2D eigenvalue weighted by atomic mass is 19.4. The second-order valence-corrected chi connectivity index (χ2v) is 10.5. The fraction of sp³-hybridized carbons (Fsp3) is 0.300. The number of carbonyl (C=O) groups is 2. The Morgan fingerprint density at radius 1 is 0.872 bits per heavy atom. The van der Waals surface area contributed by atoms with Gasteiger partial charge >= 0.3 is 6.18 Å². The average Bonchev–Trinajstić information content (AvgIpc) is 3.68. The SMILES string of the molecule is O=C1C2C3CC(C4C(c5ccc(OCc6ccccc6)cc5)=NOC34)C2C(=O)N1c1cccc(C(F)(F)F)c1. The van der Waals surface area contributed by atoms with Crippen LogP contribution in [-0.4, -0.2) is 23.6 Å². The minimum Gasteiger partial charge on any atom is -0.489 e. The van der Waals surface area contributed by atoms with Gasteiger partial charge in [-0.25, -0.2) is 0 Å². The van der Waals surface area contributed by atoms with Crippen molar-refractivity contribution >= 4 is 23.2 Å². The van der Waals surface area contributed by atoms with E-state index in [-0.39, 0.29) is 29.5 Å². The van der Waals surface area contributed by atoms with Gasteiger partial charge in [0.1, 0.15) is 18.5 Å². The molecule has 2 bridgehead atoms. The molecule has 6 nitrogen and oxygen atoms in total. The van der Waals surface area contributed by atoms with Crippen molar-refractivity contribution in [3.63, 3.8) is 0 Å². The van der Waals surface area contributed by atoms with Crippen LogP contribution in [0.4, 0.5) is 18.9 Å². The van der Waals surface area contributed by atoms with Crippen LogP contribution >= 0.6 is 0 Å². The molecule has 6 unspecified atom stereocenters. The summed E-state index contributed by atoms with van der Waals surface area (Å²) in [7, 11) is 0. The number of hydrogen-bond acceptors (Lipinski definition) is 5. The van der Waals surface area contributed by atoms with E-state index >= 15 is 0 Å². The van der Waals surface area contributed by atoms with Crippen molar-refractivity contribution in [2.75, 3.05) is 4.90 Å². The molecule has 2 saturated carbocycles. The van der Waals surface area contributed by atoms with E-state index in [9.17, 15) is 22.8 Å². The second-order valence-electron chi connectivity index (χ2n) is 10.5. The minimum absolute atomic E-state index is 0.0420. The van der Waals surface area contributed by atoms with Gasteiger partial charge in [0.05, 0.1) is 28.8 Å². The van der Waals surface area contributed by atoms with Gasteiger partial charge in [-0.1, -0.05) is 41.6 Å². The highest BCUT2D eigenvalue weighted by Gasteiger charge is 2.70. The van der Waals surface area contributed by atoms with Crippen LogP contribution in [0.2, 0.25) is 0 Å². The lowest BCUT2D eigenvalue weighted by Crippen LogP contribution is -2.41. The molecule has 2 aliphatic heterocycles. The summed E-state index contributed by atoms with van der Waals surface area (Å²) in [5.41, 5.74) is 1.71. The summed E-state index contributed by atoms with van der Waals surface area (Å²) in [5, 5.41) is 4.36. The van der Waals surface area contributed by atoms with Gasteiger partial charge in [0, 0.05) is 17.4 Å². The molecule has 198 valence electrons. The van der Waals surface area contributed by atoms with Gasteiger partial charge in [-0.15, -0.1) is 0 Å². The standard InChI is InChI=1S/C30H23F3N2O4/c31-30(32,33)18-7-4-8-19(13-18)35-28(36)23-21-14-22(24(23)29(35)37)27-25(21)26(34-39-27)17-9-11-20(12-10-17)38-15-16-5-2-1-3-6-16/h1-13,21-25,27H,14-15H2. The van der Waals surface area contributed by atoms with Crippen molar-refractivity contribution in [3.8, 4) is 5.75 Å². The fourth-order valence-corrected chi connectivity index (χ4v) is 6.90. The molecule has 3 aromatic rings. The van der Waals surface area contributed by atoms with Gasteiger partial charge in [0.25, 0.3) is 0 Å². The maximum Gasteiger partial charge on any atom is 0.416 e. The first-order valence-corrected chi connectivity index (χ1v) is 12.9. The highest BCUT2D eigenvalue weighted by Crippen LogP contribution is 2.62. The number of ether oxygens (including phenoxy) is 1. The van der Waals surface area contributed by atoms with Crippen LogP contribution in [0, 0.1) is 29.6 Å². The van der Waals surface area contributed by atoms with Gasteiger partial charge in [0.2, 0.25) is 11.8 Å². The van der Waals surface area contributed by atoms with Crippen molar-refractivity contribution < 1.29 is 32.3 Å². The number of halogens is 3. The Bertz CT molecular complexity index is 1490. The Kier molecular flexibility index (Phi) is 5.33. The predicted octanol–water partition coefficient (Wildman–Crippen LogP) is 5.46. The first-order valence-electron chi connectivity index (χ1n) is 12.9. The summed E-state index contributed by atoms with van der Waals surface area (Å²) in [6, 6.07) is 21.8. The Morgan fingerprint density at radius 2 is 1.59 bits per heavy atom. The number of fused-ring (bicyclic) bond motifs is 8. The molecule has 7 rings (SSSR count). The summed E-state index contributed by atoms with van der Waals surface area (Å²) in [4.78, 5) is 33.7. The number of imide groups is 1. The molecule has 6 atom stereocenters. The Balaban J connectivity index is 1.11. The molecule has 2 aliphatic carbocycles. The third kappa shape index (κ3) is 3.74. The van der Waals surface area contributed by atoms with Crippen LogP contribution in [-0.2, 0) is 27.2 Å². The smallest absolute Gasteiger partial charge is 0.416 e. The third-order valence-corrected chi connectivity index (χ3v) is 8.52. The Morgan fingerprint density at radius 3 is 2.31 bits per heavy atom. The number of amides is 2. The van der Waals surface area contributed by atoms with Crippen molar-refractivity contribution in [2.45, 2.75) is 25.3 Å². The molecule has 0 N–H and O–H groups in total. The van der Waals surface area contributed by atoms with Crippen molar-refractivity contribution in [1.29, 1.82) is 0 Å². The largest absolute Gasteiger partial charge is 0.489 e. The zero-order valence-corrected chi connectivity index (χ0v) is 20.5. The van der Waals surface area contributed by atoms with E-state index in [2.05, 4.69) is 5.16 Å². The Labute approximate surface area is 222 Å². The van der Waals surface area contributed by atoms with Gasteiger partial charge in [-0.3, -0.25) is 14.5 Å². The summed E-state index contributed by atoms with van der Waals surface area (Å²) in [5.74, 6) is -1.94. The van der Waals surface area contributed by atoms with Crippen LogP contribution in [0.1, 0.15) is 23.1 Å². The molecule has 0 aromatic heterocycles. The quantitative estimate of drug-likeness (QED) is 0.410. The molecule has 3 aromatic carbocycles. The second kappa shape index (κ2) is 8.69. The molecule has 9 heteroatoms. The van der Waals surface area contributed by atoms with E-state index in [1.54, 1.807) is 0 Å². The van der Waals surface area contributed by atoms with E-state index in [0.29, 0.717) is 18.8 Å². The Hall–Kier alpha value is -4.14. The monoisotopic (exact) mass is 532 g/mol. The number of alkyl halides is 3. The number of hydrogen-bond donors (Lipinski definition) is 0. The number of carbonyl (C=O) groups excluding carboxylic acids is 2. The minimum atomic E-state index is -4.57. The van der Waals surface area contributed by atoms with Crippen molar-refractivity contribution in [1.82, 2.24) is 0 Å². The van der Waals surface area contributed by atoms with Gasteiger partial charge in [0.15, 0.2) is 0 Å². The van der Waals surface area contributed by atoms with Crippen LogP contribution in [0.5, 0.6) is 5.75 Å².